The van der Waals surface area contributed by atoms with E-state index >= 15 is 0 Å². The van der Waals surface area contributed by atoms with E-state index in [0.29, 0.717) is 18.0 Å². The van der Waals surface area contributed by atoms with Crippen molar-refractivity contribution in [3.05, 3.63) is 24.3 Å². The molecular weight excluding hydrogens is 312 g/mol. The fourth-order valence-corrected chi connectivity index (χ4v) is 4.36. The molecule has 0 fully saturated rings. The molecule has 0 amide bonds. The number of sulfonamides is 1. The Morgan fingerprint density at radius 1 is 1.29 bits per heavy atom. The first-order valence-electron chi connectivity index (χ1n) is 6.55. The zero-order valence-electron chi connectivity index (χ0n) is 12.1. The van der Waals surface area contributed by atoms with Gasteiger partial charge in [0.05, 0.1) is 19.0 Å². The molecule has 120 valence electrons. The zero-order valence-corrected chi connectivity index (χ0v) is 13.7. The lowest BCUT2D eigenvalue weighted by molar-refractivity contribution is 0.169. The molecule has 0 saturated carbocycles. The van der Waals surface area contributed by atoms with Gasteiger partial charge in [-0.1, -0.05) is 0 Å². The number of rotatable bonds is 10. The Hall–Kier alpha value is -0.800. The molecule has 1 rings (SSSR count). The van der Waals surface area contributed by atoms with Crippen molar-refractivity contribution < 1.29 is 18.3 Å². The third-order valence-electron chi connectivity index (χ3n) is 2.78. The molecule has 0 spiro atoms. The summed E-state index contributed by atoms with van der Waals surface area (Å²) in [6, 6.07) is 7.30. The number of aliphatic hydroxyl groups is 1. The van der Waals surface area contributed by atoms with Gasteiger partial charge in [-0.15, -0.1) is 11.8 Å². The highest BCUT2D eigenvalue weighted by Gasteiger charge is 2.20. The predicted molar refractivity (Wildman–Crippen MR) is 85.9 cm³/mol. The average molecular weight is 334 g/mol. The topological polar surface area (TPSA) is 92.9 Å². The van der Waals surface area contributed by atoms with Crippen LogP contribution in [-0.4, -0.2) is 62.7 Å². The van der Waals surface area contributed by atoms with E-state index < -0.39 is 10.0 Å². The van der Waals surface area contributed by atoms with Crippen LogP contribution in [0.2, 0.25) is 0 Å². The fraction of sp³-hybridized carbons (Fsp3) is 0.538. The summed E-state index contributed by atoms with van der Waals surface area (Å²) < 4.78 is 30.6. The van der Waals surface area contributed by atoms with Crippen LogP contribution < -0.4 is 5.73 Å². The number of thioether (sulfide) groups is 1. The van der Waals surface area contributed by atoms with Gasteiger partial charge in [-0.05, 0) is 24.3 Å². The van der Waals surface area contributed by atoms with Gasteiger partial charge in [0.15, 0.2) is 0 Å². The number of anilines is 1. The molecule has 8 heteroatoms. The van der Waals surface area contributed by atoms with E-state index in [1.807, 2.05) is 12.1 Å². The van der Waals surface area contributed by atoms with Crippen molar-refractivity contribution in [2.75, 3.05) is 50.7 Å². The summed E-state index contributed by atoms with van der Waals surface area (Å²) in [6.07, 6.45) is 0. The molecule has 1 aromatic carbocycles. The van der Waals surface area contributed by atoms with Crippen molar-refractivity contribution in [2.45, 2.75) is 4.90 Å². The lowest BCUT2D eigenvalue weighted by Crippen LogP contribution is -2.38. The lowest BCUT2D eigenvalue weighted by Gasteiger charge is -2.20. The van der Waals surface area contributed by atoms with Crippen molar-refractivity contribution in [3.8, 4) is 0 Å². The largest absolute Gasteiger partial charge is 0.399 e. The van der Waals surface area contributed by atoms with E-state index in [4.69, 9.17) is 15.6 Å². The Labute approximate surface area is 130 Å². The van der Waals surface area contributed by atoms with E-state index in [9.17, 15) is 8.42 Å². The summed E-state index contributed by atoms with van der Waals surface area (Å²) in [6.45, 7) is 0.461. The van der Waals surface area contributed by atoms with E-state index in [0.717, 1.165) is 4.90 Å². The third-order valence-corrected chi connectivity index (χ3v) is 5.92. The highest BCUT2D eigenvalue weighted by Crippen LogP contribution is 2.19. The van der Waals surface area contributed by atoms with Crippen molar-refractivity contribution in [2.24, 2.45) is 0 Å². The minimum Gasteiger partial charge on any atom is -0.399 e. The average Bonchev–Trinajstić information content (AvgIpc) is 2.45. The van der Waals surface area contributed by atoms with Crippen LogP contribution in [0.3, 0.4) is 0 Å². The number of benzene rings is 1. The molecule has 0 aliphatic rings. The summed E-state index contributed by atoms with van der Waals surface area (Å²) in [5.74, 6) is 0.465. The smallest absolute Gasteiger partial charge is 0.215 e. The molecule has 21 heavy (non-hydrogen) atoms. The van der Waals surface area contributed by atoms with Crippen molar-refractivity contribution in [1.82, 2.24) is 4.31 Å². The van der Waals surface area contributed by atoms with Gasteiger partial charge in [-0.2, -0.15) is 4.31 Å². The monoisotopic (exact) mass is 334 g/mol. The maximum absolute atomic E-state index is 12.2. The first-order chi connectivity index (χ1) is 9.99. The zero-order chi connectivity index (χ0) is 15.7. The number of nitrogens with two attached hydrogens (primary N) is 1. The van der Waals surface area contributed by atoms with Gasteiger partial charge in [-0.3, -0.25) is 0 Å². The fourth-order valence-electron chi connectivity index (χ4n) is 1.65. The Morgan fingerprint density at radius 3 is 2.52 bits per heavy atom. The van der Waals surface area contributed by atoms with Crippen molar-refractivity contribution in [3.63, 3.8) is 0 Å². The number of ether oxygens (including phenoxy) is 1. The number of aliphatic hydroxyl groups excluding tert-OH is 1. The maximum Gasteiger partial charge on any atom is 0.215 e. The van der Waals surface area contributed by atoms with E-state index in [-0.39, 0.29) is 25.4 Å². The number of hydrogen-bond donors (Lipinski definition) is 2. The van der Waals surface area contributed by atoms with Crippen molar-refractivity contribution >= 4 is 27.5 Å². The molecule has 0 aromatic heterocycles. The molecule has 0 saturated heterocycles. The molecule has 0 aliphatic carbocycles. The molecule has 1 aromatic rings. The standard InChI is InChI=1S/C13H22N2O4S2/c1-19-9-7-15(6-8-16)21(17,18)11-10-20-13-4-2-12(14)3-5-13/h2-5,16H,6-11,14H2,1H3. The summed E-state index contributed by atoms with van der Waals surface area (Å²) in [5.41, 5.74) is 6.28. The van der Waals surface area contributed by atoms with Gasteiger partial charge in [0.2, 0.25) is 10.0 Å². The van der Waals surface area contributed by atoms with Crippen molar-refractivity contribution in [1.29, 1.82) is 0 Å². The quantitative estimate of drug-likeness (QED) is 0.482. The predicted octanol–water partition coefficient (Wildman–Crippen LogP) is 0.631. The first kappa shape index (κ1) is 18.2. The van der Waals surface area contributed by atoms with Crippen LogP contribution in [0, 0.1) is 0 Å². The minimum atomic E-state index is -3.39. The number of methoxy groups -OCH3 is 1. The number of nitrogen functional groups attached to an aromatic ring is 1. The summed E-state index contributed by atoms with van der Waals surface area (Å²) in [5, 5.41) is 8.96. The highest BCUT2D eigenvalue weighted by atomic mass is 32.2. The molecule has 0 atom stereocenters. The van der Waals surface area contributed by atoms with E-state index in [2.05, 4.69) is 0 Å². The van der Waals surface area contributed by atoms with Gasteiger partial charge >= 0.3 is 0 Å². The summed E-state index contributed by atoms with van der Waals surface area (Å²) in [7, 11) is -1.87. The molecule has 0 bridgehead atoms. The minimum absolute atomic E-state index is 0.0196. The van der Waals surface area contributed by atoms with E-state index in [1.54, 1.807) is 12.1 Å². The lowest BCUT2D eigenvalue weighted by atomic mass is 10.3. The molecule has 6 nitrogen and oxygen atoms in total. The van der Waals surface area contributed by atoms with Gasteiger partial charge < -0.3 is 15.6 Å². The Kier molecular flexibility index (Phi) is 8.05. The molecular formula is C13H22N2O4S2. The van der Waals surface area contributed by atoms with Crippen LogP contribution in [0.1, 0.15) is 0 Å². The van der Waals surface area contributed by atoms with Crippen LogP contribution >= 0.6 is 11.8 Å². The second-order valence-electron chi connectivity index (χ2n) is 4.35. The molecule has 0 aliphatic heterocycles. The Balaban J connectivity index is 2.51. The Bertz CT molecular complexity index is 505. The normalized spacial score (nSPS) is 12.0. The van der Waals surface area contributed by atoms with Crippen LogP contribution in [0.25, 0.3) is 0 Å². The molecule has 0 heterocycles. The maximum atomic E-state index is 12.2. The SMILES string of the molecule is COCCN(CCO)S(=O)(=O)CCSc1ccc(N)cc1. The number of hydrogen-bond acceptors (Lipinski definition) is 6. The summed E-state index contributed by atoms with van der Waals surface area (Å²) >= 11 is 1.46. The van der Waals surface area contributed by atoms with Crippen LogP contribution in [0.4, 0.5) is 5.69 Å². The first-order valence-corrected chi connectivity index (χ1v) is 9.15. The highest BCUT2D eigenvalue weighted by molar-refractivity contribution is 8.00. The second kappa shape index (κ2) is 9.26. The van der Waals surface area contributed by atoms with Gasteiger partial charge in [-0.25, -0.2) is 8.42 Å². The van der Waals surface area contributed by atoms with Crippen LogP contribution in [0.15, 0.2) is 29.2 Å². The van der Waals surface area contributed by atoms with Gasteiger partial charge in [0.1, 0.15) is 0 Å². The second-order valence-corrected chi connectivity index (χ2v) is 7.61. The molecule has 0 radical (unpaired) electrons. The molecule has 0 unspecified atom stereocenters. The Morgan fingerprint density at radius 2 is 1.95 bits per heavy atom. The van der Waals surface area contributed by atoms with Gasteiger partial charge in [0.25, 0.3) is 0 Å². The van der Waals surface area contributed by atoms with E-state index in [1.165, 1.54) is 23.2 Å². The molecule has 3 N–H and O–H groups in total. The van der Waals surface area contributed by atoms with Crippen LogP contribution in [0.5, 0.6) is 0 Å². The summed E-state index contributed by atoms with van der Waals surface area (Å²) in [4.78, 5) is 0.977. The van der Waals surface area contributed by atoms with Gasteiger partial charge in [0, 0.05) is 36.5 Å². The van der Waals surface area contributed by atoms with Crippen LogP contribution in [-0.2, 0) is 14.8 Å². The number of nitrogens with zero attached hydrogens (tertiary/aromatic N) is 1. The third kappa shape index (κ3) is 6.66.